The number of nitrogens with one attached hydrogen (secondary N) is 1. The van der Waals surface area contributed by atoms with E-state index in [9.17, 15) is 14.9 Å². The normalized spacial score (nSPS) is 10.7. The summed E-state index contributed by atoms with van der Waals surface area (Å²) in [7, 11) is 0. The van der Waals surface area contributed by atoms with Crippen molar-refractivity contribution in [2.75, 3.05) is 0 Å². The predicted molar refractivity (Wildman–Crippen MR) is 82.2 cm³/mol. The molecule has 0 fully saturated rings. The van der Waals surface area contributed by atoms with Crippen LogP contribution in [0.25, 0.3) is 0 Å². The van der Waals surface area contributed by atoms with Crippen molar-refractivity contribution in [1.82, 2.24) is 5.43 Å². The molecule has 6 heteroatoms. The van der Waals surface area contributed by atoms with Gasteiger partial charge in [0.1, 0.15) is 0 Å². The van der Waals surface area contributed by atoms with Gasteiger partial charge in [0.15, 0.2) is 0 Å². The van der Waals surface area contributed by atoms with Crippen molar-refractivity contribution in [3.8, 4) is 0 Å². The summed E-state index contributed by atoms with van der Waals surface area (Å²) in [4.78, 5) is 21.9. The Morgan fingerprint density at radius 2 is 2.00 bits per heavy atom. The maximum atomic E-state index is 11.5. The predicted octanol–water partition coefficient (Wildman–Crippen LogP) is 3.41. The third-order valence-corrected chi connectivity index (χ3v) is 3.03. The Morgan fingerprint density at radius 3 is 2.71 bits per heavy atom. The number of nitrogens with zero attached hydrogens (tertiary/aromatic N) is 2. The van der Waals surface area contributed by atoms with Crippen LogP contribution < -0.4 is 5.43 Å². The number of carbonyl (C=O) groups is 1. The van der Waals surface area contributed by atoms with Gasteiger partial charge in [0.05, 0.1) is 16.7 Å². The Bertz CT molecular complexity index is 501. The third-order valence-electron chi connectivity index (χ3n) is 3.03. The first-order chi connectivity index (χ1) is 10.1. The van der Waals surface area contributed by atoms with Crippen LogP contribution in [0.4, 0.5) is 5.69 Å². The molecule has 1 amide bonds. The first kappa shape index (κ1) is 16.8. The number of nitro benzene ring substituents is 1. The van der Waals surface area contributed by atoms with Crippen molar-refractivity contribution < 1.29 is 9.72 Å². The highest BCUT2D eigenvalue weighted by molar-refractivity contribution is 5.86. The van der Waals surface area contributed by atoms with Gasteiger partial charge >= 0.3 is 0 Å². The number of carbonyl (C=O) groups excluding carboxylic acids is 1. The van der Waals surface area contributed by atoms with Gasteiger partial charge in [0.2, 0.25) is 5.91 Å². The number of benzene rings is 1. The van der Waals surface area contributed by atoms with Crippen molar-refractivity contribution in [2.24, 2.45) is 5.10 Å². The Kier molecular flexibility index (Phi) is 7.71. The first-order valence-corrected chi connectivity index (χ1v) is 7.20. The molecule has 6 nitrogen and oxygen atoms in total. The average molecular weight is 291 g/mol. The van der Waals surface area contributed by atoms with Crippen LogP contribution in [0.1, 0.15) is 51.0 Å². The van der Waals surface area contributed by atoms with Gasteiger partial charge in [-0.05, 0) is 12.5 Å². The zero-order chi connectivity index (χ0) is 15.5. The second-order valence-corrected chi connectivity index (χ2v) is 4.77. The van der Waals surface area contributed by atoms with E-state index in [4.69, 9.17) is 0 Å². The Balaban J connectivity index is 2.37. The summed E-state index contributed by atoms with van der Waals surface area (Å²) >= 11 is 0. The Hall–Kier alpha value is -2.24. The largest absolute Gasteiger partial charge is 0.278 e. The Morgan fingerprint density at radius 1 is 1.29 bits per heavy atom. The van der Waals surface area contributed by atoms with Crippen LogP contribution in [0.2, 0.25) is 0 Å². The van der Waals surface area contributed by atoms with E-state index in [2.05, 4.69) is 17.5 Å². The molecular weight excluding hydrogens is 270 g/mol. The molecule has 0 bridgehead atoms. The van der Waals surface area contributed by atoms with Crippen molar-refractivity contribution in [3.05, 3.63) is 39.9 Å². The van der Waals surface area contributed by atoms with E-state index < -0.39 is 4.92 Å². The molecule has 114 valence electrons. The van der Waals surface area contributed by atoms with Crippen LogP contribution in [0.5, 0.6) is 0 Å². The summed E-state index contributed by atoms with van der Waals surface area (Å²) < 4.78 is 0. The van der Waals surface area contributed by atoms with E-state index in [0.29, 0.717) is 12.0 Å². The molecule has 0 saturated heterocycles. The molecule has 21 heavy (non-hydrogen) atoms. The minimum atomic E-state index is -0.475. The second-order valence-electron chi connectivity index (χ2n) is 4.77. The van der Waals surface area contributed by atoms with Gasteiger partial charge in [-0.3, -0.25) is 14.9 Å². The number of amides is 1. The van der Waals surface area contributed by atoms with E-state index in [1.807, 2.05) is 0 Å². The SMILES string of the molecule is CCCCCCCC(=O)N/N=C/c1ccccc1[N+](=O)[O-]. The molecule has 0 aliphatic heterocycles. The lowest BCUT2D eigenvalue weighted by atomic mass is 10.1. The van der Waals surface area contributed by atoms with Crippen molar-refractivity contribution in [2.45, 2.75) is 45.4 Å². The molecule has 0 saturated carbocycles. The highest BCUT2D eigenvalue weighted by atomic mass is 16.6. The van der Waals surface area contributed by atoms with Crippen molar-refractivity contribution >= 4 is 17.8 Å². The summed E-state index contributed by atoms with van der Waals surface area (Å²) in [6.45, 7) is 2.14. The number of rotatable bonds is 9. The molecule has 1 rings (SSSR count). The van der Waals surface area contributed by atoms with Crippen LogP contribution in [0, 0.1) is 10.1 Å². The standard InChI is InChI=1S/C15H21N3O3/c1-2-3-4-5-6-11-15(19)17-16-12-13-9-7-8-10-14(13)18(20)21/h7-10,12H,2-6,11H2,1H3,(H,17,19)/b16-12+. The maximum Gasteiger partial charge on any atom is 0.278 e. The lowest BCUT2D eigenvalue weighted by Crippen LogP contribution is -2.17. The summed E-state index contributed by atoms with van der Waals surface area (Å²) in [5, 5.41) is 14.6. The monoisotopic (exact) mass is 291 g/mol. The minimum Gasteiger partial charge on any atom is -0.273 e. The smallest absolute Gasteiger partial charge is 0.273 e. The molecule has 1 N–H and O–H groups in total. The van der Waals surface area contributed by atoms with Gasteiger partial charge in [-0.1, -0.05) is 44.7 Å². The quantitative estimate of drug-likeness (QED) is 0.327. The third kappa shape index (κ3) is 6.65. The molecule has 1 aromatic carbocycles. The van der Waals surface area contributed by atoms with Gasteiger partial charge in [0, 0.05) is 12.5 Å². The van der Waals surface area contributed by atoms with E-state index in [0.717, 1.165) is 19.3 Å². The molecule has 0 unspecified atom stereocenters. The van der Waals surface area contributed by atoms with E-state index in [1.165, 1.54) is 25.1 Å². The molecule has 0 aliphatic rings. The second kappa shape index (κ2) is 9.63. The molecule has 1 aromatic rings. The molecular formula is C15H21N3O3. The summed E-state index contributed by atoms with van der Waals surface area (Å²) in [6, 6.07) is 6.25. The van der Waals surface area contributed by atoms with Crippen LogP contribution in [-0.2, 0) is 4.79 Å². The number of nitro groups is 1. The van der Waals surface area contributed by atoms with Gasteiger partial charge in [-0.15, -0.1) is 0 Å². The van der Waals surface area contributed by atoms with Gasteiger partial charge < -0.3 is 0 Å². The highest BCUT2D eigenvalue weighted by Crippen LogP contribution is 2.15. The lowest BCUT2D eigenvalue weighted by Gasteiger charge is -2.00. The number of hydrazone groups is 1. The molecule has 0 spiro atoms. The molecule has 0 atom stereocenters. The van der Waals surface area contributed by atoms with Crippen LogP contribution >= 0.6 is 0 Å². The fraction of sp³-hybridized carbons (Fsp3) is 0.467. The van der Waals surface area contributed by atoms with Gasteiger partial charge in [-0.25, -0.2) is 5.43 Å². The number of hydrogen-bond donors (Lipinski definition) is 1. The van der Waals surface area contributed by atoms with Crippen LogP contribution in [0.3, 0.4) is 0 Å². The summed E-state index contributed by atoms with van der Waals surface area (Å²) in [6.07, 6.45) is 7.11. The topological polar surface area (TPSA) is 84.6 Å². The number of unbranched alkanes of at least 4 members (excludes halogenated alkanes) is 4. The fourth-order valence-electron chi connectivity index (χ4n) is 1.88. The lowest BCUT2D eigenvalue weighted by molar-refractivity contribution is -0.385. The van der Waals surface area contributed by atoms with Crippen molar-refractivity contribution in [1.29, 1.82) is 0 Å². The fourth-order valence-corrected chi connectivity index (χ4v) is 1.88. The number of hydrogen-bond acceptors (Lipinski definition) is 4. The minimum absolute atomic E-state index is 0.0323. The van der Waals surface area contributed by atoms with E-state index in [1.54, 1.807) is 18.2 Å². The maximum absolute atomic E-state index is 11.5. The summed E-state index contributed by atoms with van der Waals surface area (Å²) in [5.74, 6) is -0.165. The Labute approximate surface area is 124 Å². The van der Waals surface area contributed by atoms with Gasteiger partial charge in [-0.2, -0.15) is 5.10 Å². The average Bonchev–Trinajstić information content (AvgIpc) is 2.47. The molecule has 0 radical (unpaired) electrons. The first-order valence-electron chi connectivity index (χ1n) is 7.20. The van der Waals surface area contributed by atoms with Crippen LogP contribution in [-0.4, -0.2) is 17.0 Å². The van der Waals surface area contributed by atoms with E-state index in [-0.39, 0.29) is 11.6 Å². The zero-order valence-electron chi connectivity index (χ0n) is 12.2. The van der Waals surface area contributed by atoms with Gasteiger partial charge in [0.25, 0.3) is 5.69 Å². The molecule has 0 aliphatic carbocycles. The zero-order valence-corrected chi connectivity index (χ0v) is 12.2. The molecule has 0 heterocycles. The molecule has 0 aromatic heterocycles. The van der Waals surface area contributed by atoms with Crippen molar-refractivity contribution in [3.63, 3.8) is 0 Å². The van der Waals surface area contributed by atoms with Crippen LogP contribution in [0.15, 0.2) is 29.4 Å². The van der Waals surface area contributed by atoms with E-state index >= 15 is 0 Å². The number of para-hydroxylation sites is 1. The summed E-state index contributed by atoms with van der Waals surface area (Å²) in [5.41, 5.74) is 2.73. The highest BCUT2D eigenvalue weighted by Gasteiger charge is 2.09.